The van der Waals surface area contributed by atoms with Gasteiger partial charge < -0.3 is 4.90 Å². The van der Waals surface area contributed by atoms with E-state index in [1.807, 2.05) is 12.1 Å². The minimum absolute atomic E-state index is 0.0167. The number of rotatable bonds is 6. The quantitative estimate of drug-likeness (QED) is 0.486. The molecule has 28 heavy (non-hydrogen) atoms. The Morgan fingerprint density at radius 1 is 1.14 bits per heavy atom. The molecule has 11 nitrogen and oxygen atoms in total. The van der Waals surface area contributed by atoms with Crippen LogP contribution in [0.25, 0.3) is 0 Å². The van der Waals surface area contributed by atoms with Crippen LogP contribution in [-0.2, 0) is 0 Å². The van der Waals surface area contributed by atoms with Gasteiger partial charge in [0.1, 0.15) is 12.1 Å². The lowest BCUT2D eigenvalue weighted by atomic mass is 10.2. The highest BCUT2D eigenvalue weighted by Crippen LogP contribution is 2.28. The summed E-state index contributed by atoms with van der Waals surface area (Å²) in [6, 6.07) is 4.86. The summed E-state index contributed by atoms with van der Waals surface area (Å²) in [6.45, 7) is 2.96. The highest BCUT2D eigenvalue weighted by Gasteiger charge is 2.26. The number of hydrazine groups is 2. The van der Waals surface area contributed by atoms with E-state index in [4.69, 9.17) is 0 Å². The first-order valence-electron chi connectivity index (χ1n) is 8.45. The van der Waals surface area contributed by atoms with E-state index < -0.39 is 22.3 Å². The monoisotopic (exact) mass is 390 g/mol. The molecule has 1 fully saturated rings. The van der Waals surface area contributed by atoms with Crippen LogP contribution in [0, 0.1) is 15.9 Å². The van der Waals surface area contributed by atoms with Crippen molar-refractivity contribution in [1.82, 2.24) is 25.3 Å². The summed E-state index contributed by atoms with van der Waals surface area (Å²) < 4.78 is 12.9. The molecule has 1 aromatic heterocycles. The predicted octanol–water partition coefficient (Wildman–Crippen LogP) is 0.855. The van der Waals surface area contributed by atoms with Crippen molar-refractivity contribution in [2.45, 2.75) is 0 Å². The Morgan fingerprint density at radius 3 is 2.43 bits per heavy atom. The highest BCUT2D eigenvalue weighted by molar-refractivity contribution is 5.95. The molecule has 0 aliphatic carbocycles. The number of halogens is 1. The van der Waals surface area contributed by atoms with Gasteiger partial charge in [-0.15, -0.1) is 0 Å². The van der Waals surface area contributed by atoms with Crippen molar-refractivity contribution in [2.75, 3.05) is 44.1 Å². The van der Waals surface area contributed by atoms with E-state index in [9.17, 15) is 19.3 Å². The largest absolute Gasteiger partial charge is 0.356 e. The number of piperazine rings is 1. The summed E-state index contributed by atoms with van der Waals surface area (Å²) >= 11 is 0. The molecule has 0 saturated carbocycles. The third-order valence-corrected chi connectivity index (χ3v) is 4.17. The van der Waals surface area contributed by atoms with Crippen LogP contribution in [0.5, 0.6) is 0 Å². The number of amides is 1. The van der Waals surface area contributed by atoms with E-state index in [-0.39, 0.29) is 17.2 Å². The number of carbonyl (C=O) groups excluding carboxylic acids is 1. The van der Waals surface area contributed by atoms with Gasteiger partial charge >= 0.3 is 5.69 Å². The summed E-state index contributed by atoms with van der Waals surface area (Å²) in [4.78, 5) is 33.0. The maximum Gasteiger partial charge on any atom is 0.356 e. The van der Waals surface area contributed by atoms with Crippen LogP contribution in [0.4, 0.5) is 21.7 Å². The van der Waals surface area contributed by atoms with Gasteiger partial charge in [0.15, 0.2) is 0 Å². The number of benzene rings is 1. The molecule has 0 atom stereocenters. The first kappa shape index (κ1) is 19.4. The lowest BCUT2D eigenvalue weighted by Gasteiger charge is -2.32. The zero-order valence-corrected chi connectivity index (χ0v) is 15.1. The molecule has 2 aromatic rings. The van der Waals surface area contributed by atoms with Gasteiger partial charge in [0.25, 0.3) is 5.91 Å². The van der Waals surface area contributed by atoms with Crippen molar-refractivity contribution >= 4 is 23.2 Å². The molecule has 0 unspecified atom stereocenters. The second-order valence-electron chi connectivity index (χ2n) is 6.16. The van der Waals surface area contributed by atoms with Crippen LogP contribution < -0.4 is 16.3 Å². The standard InChI is InChI=1S/C16H19FN8O3/c1-23-6-8-24(9-7-23)22-15-13(25(27)28)14(18-10-19-15)20-21-16(26)11-2-4-12(17)5-3-11/h2-5,10H,6-9H2,1H3,(H,21,26)(H2,18,19,20,22). The van der Waals surface area contributed by atoms with Gasteiger partial charge in [0.05, 0.1) is 4.92 Å². The fraction of sp³-hybridized carbons (Fsp3) is 0.312. The molecule has 1 amide bonds. The lowest BCUT2D eigenvalue weighted by Crippen LogP contribution is -2.47. The molecule has 3 N–H and O–H groups in total. The second kappa shape index (κ2) is 8.54. The number of carbonyl (C=O) groups is 1. The summed E-state index contributed by atoms with van der Waals surface area (Å²) in [5.74, 6) is -1.23. The van der Waals surface area contributed by atoms with Crippen molar-refractivity contribution in [3.63, 3.8) is 0 Å². The molecule has 0 radical (unpaired) electrons. The van der Waals surface area contributed by atoms with Crippen LogP contribution in [0.2, 0.25) is 0 Å². The SMILES string of the molecule is CN1CCN(Nc2ncnc(NNC(=O)c3ccc(F)cc3)c2[N+](=O)[O-])CC1. The van der Waals surface area contributed by atoms with Crippen LogP contribution in [0.15, 0.2) is 30.6 Å². The molecule has 1 aromatic carbocycles. The molecule has 2 heterocycles. The van der Waals surface area contributed by atoms with E-state index in [0.29, 0.717) is 13.1 Å². The third-order valence-electron chi connectivity index (χ3n) is 4.17. The Bertz CT molecular complexity index is 855. The number of nitro groups is 1. The van der Waals surface area contributed by atoms with E-state index in [1.54, 1.807) is 0 Å². The minimum atomic E-state index is -0.634. The van der Waals surface area contributed by atoms with Gasteiger partial charge in [0, 0.05) is 31.7 Å². The number of hydrogen-bond donors (Lipinski definition) is 3. The Labute approximate surface area is 159 Å². The van der Waals surface area contributed by atoms with Gasteiger partial charge in [-0.3, -0.25) is 31.2 Å². The summed E-state index contributed by atoms with van der Waals surface area (Å²) in [5.41, 5.74) is 7.47. The van der Waals surface area contributed by atoms with E-state index >= 15 is 0 Å². The van der Waals surface area contributed by atoms with Gasteiger partial charge in [0.2, 0.25) is 11.6 Å². The van der Waals surface area contributed by atoms with Crippen molar-refractivity contribution in [3.8, 4) is 0 Å². The fourth-order valence-electron chi connectivity index (χ4n) is 2.58. The van der Waals surface area contributed by atoms with E-state index in [2.05, 4.69) is 31.1 Å². The van der Waals surface area contributed by atoms with Crippen LogP contribution in [0.1, 0.15) is 10.4 Å². The number of aromatic nitrogens is 2. The lowest BCUT2D eigenvalue weighted by molar-refractivity contribution is -0.383. The first-order valence-corrected chi connectivity index (χ1v) is 8.45. The van der Waals surface area contributed by atoms with Crippen molar-refractivity contribution in [1.29, 1.82) is 0 Å². The Hall–Kier alpha value is -3.38. The highest BCUT2D eigenvalue weighted by atomic mass is 19.1. The van der Waals surface area contributed by atoms with Crippen molar-refractivity contribution in [2.24, 2.45) is 0 Å². The Morgan fingerprint density at radius 2 is 1.79 bits per heavy atom. The summed E-state index contributed by atoms with van der Waals surface area (Å²) in [7, 11) is 2.00. The molecular formula is C16H19FN8O3. The average Bonchev–Trinajstić information content (AvgIpc) is 2.68. The third kappa shape index (κ3) is 4.66. The number of anilines is 2. The number of likely N-dealkylation sites (N-methyl/N-ethyl adjacent to an activating group) is 1. The van der Waals surface area contributed by atoms with Crippen LogP contribution >= 0.6 is 0 Å². The number of nitrogens with one attached hydrogen (secondary N) is 3. The van der Waals surface area contributed by atoms with Crippen LogP contribution in [-0.4, -0.2) is 63.9 Å². The predicted molar refractivity (Wildman–Crippen MR) is 98.9 cm³/mol. The maximum absolute atomic E-state index is 12.9. The smallest absolute Gasteiger partial charge is 0.304 e. The number of nitrogens with zero attached hydrogens (tertiary/aromatic N) is 5. The number of hydrogen-bond acceptors (Lipinski definition) is 9. The normalized spacial score (nSPS) is 15.1. The van der Waals surface area contributed by atoms with Gasteiger partial charge in [-0.25, -0.2) is 19.4 Å². The minimum Gasteiger partial charge on any atom is -0.304 e. The van der Waals surface area contributed by atoms with Gasteiger partial charge in [-0.2, -0.15) is 0 Å². The molecule has 1 saturated heterocycles. The van der Waals surface area contributed by atoms with Gasteiger partial charge in [-0.05, 0) is 31.3 Å². The molecule has 0 spiro atoms. The first-order chi connectivity index (χ1) is 13.4. The van der Waals surface area contributed by atoms with Crippen molar-refractivity contribution in [3.05, 3.63) is 52.1 Å². The maximum atomic E-state index is 12.9. The topological polar surface area (TPSA) is 129 Å². The zero-order valence-electron chi connectivity index (χ0n) is 15.1. The average molecular weight is 390 g/mol. The summed E-state index contributed by atoms with van der Waals surface area (Å²) in [5, 5.41) is 13.4. The zero-order chi connectivity index (χ0) is 20.1. The van der Waals surface area contributed by atoms with Crippen LogP contribution in [0.3, 0.4) is 0 Å². The Balaban J connectivity index is 1.72. The van der Waals surface area contributed by atoms with Gasteiger partial charge in [-0.1, -0.05) is 0 Å². The molecule has 3 rings (SSSR count). The Kier molecular flexibility index (Phi) is 5.91. The second-order valence-corrected chi connectivity index (χ2v) is 6.16. The summed E-state index contributed by atoms with van der Waals surface area (Å²) in [6.07, 6.45) is 1.15. The molecule has 0 bridgehead atoms. The van der Waals surface area contributed by atoms with E-state index in [0.717, 1.165) is 31.5 Å². The molecule has 1 aliphatic rings. The molecule has 148 valence electrons. The molecule has 12 heteroatoms. The molecular weight excluding hydrogens is 371 g/mol. The fourth-order valence-corrected chi connectivity index (χ4v) is 2.58. The van der Waals surface area contributed by atoms with E-state index in [1.165, 1.54) is 12.1 Å². The molecule has 1 aliphatic heterocycles. The van der Waals surface area contributed by atoms with Crippen molar-refractivity contribution < 1.29 is 14.1 Å².